The van der Waals surface area contributed by atoms with E-state index in [0.717, 1.165) is 56.3 Å². The van der Waals surface area contributed by atoms with Gasteiger partial charge < -0.3 is 4.52 Å². The molecular weight excluding hydrogens is 376 g/mol. The number of aromatic nitrogens is 1. The molecule has 2 aromatic rings. The zero-order valence-corrected chi connectivity index (χ0v) is 16.7. The third-order valence-electron chi connectivity index (χ3n) is 5.65. The highest BCUT2D eigenvalue weighted by molar-refractivity contribution is 6.30. The number of nitrogens with one attached hydrogen (secondary N) is 2. The number of hydrogen-bond donors (Lipinski definition) is 2. The number of rotatable bonds is 4. The van der Waals surface area contributed by atoms with E-state index in [9.17, 15) is 5.26 Å². The molecule has 2 saturated heterocycles. The van der Waals surface area contributed by atoms with Crippen LogP contribution < -0.4 is 10.6 Å². The molecule has 3 unspecified atom stereocenters. The fraction of sp³-hybridized carbons (Fsp3) is 0.500. The first-order valence-corrected chi connectivity index (χ1v) is 10.1. The molecule has 0 bridgehead atoms. The number of halogens is 1. The van der Waals surface area contributed by atoms with E-state index >= 15 is 0 Å². The van der Waals surface area contributed by atoms with Gasteiger partial charge in [-0.15, -0.1) is 0 Å². The molecule has 2 fully saturated rings. The predicted molar refractivity (Wildman–Crippen MR) is 108 cm³/mol. The maximum absolute atomic E-state index is 9.38. The molecule has 0 radical (unpaired) electrons. The van der Waals surface area contributed by atoms with E-state index in [1.807, 2.05) is 30.3 Å². The Morgan fingerprint density at radius 2 is 2.00 bits per heavy atom. The van der Waals surface area contributed by atoms with Gasteiger partial charge in [-0.25, -0.2) is 0 Å². The van der Waals surface area contributed by atoms with Gasteiger partial charge in [-0.2, -0.15) is 5.26 Å². The molecule has 0 saturated carbocycles. The first kappa shape index (κ1) is 19.4. The van der Waals surface area contributed by atoms with Gasteiger partial charge in [0.15, 0.2) is 5.76 Å². The zero-order chi connectivity index (χ0) is 19.5. The lowest BCUT2D eigenvalue weighted by Crippen LogP contribution is -2.65. The summed E-state index contributed by atoms with van der Waals surface area (Å²) >= 11 is 6.08. The second kappa shape index (κ2) is 8.60. The van der Waals surface area contributed by atoms with Gasteiger partial charge in [0.05, 0.1) is 18.3 Å². The minimum Gasteiger partial charge on any atom is -0.356 e. The van der Waals surface area contributed by atoms with Crippen molar-refractivity contribution >= 4 is 11.6 Å². The van der Waals surface area contributed by atoms with Gasteiger partial charge >= 0.3 is 0 Å². The van der Waals surface area contributed by atoms with Crippen LogP contribution in [0.3, 0.4) is 0 Å². The van der Waals surface area contributed by atoms with Gasteiger partial charge in [0, 0.05) is 55.9 Å². The van der Waals surface area contributed by atoms with Crippen molar-refractivity contribution in [1.29, 1.82) is 5.26 Å². The summed E-state index contributed by atoms with van der Waals surface area (Å²) in [6.45, 7) is 7.58. The third-order valence-corrected chi connectivity index (χ3v) is 5.89. The highest BCUT2D eigenvalue weighted by atomic mass is 35.5. The predicted octanol–water partition coefficient (Wildman–Crippen LogP) is 2.08. The lowest BCUT2D eigenvalue weighted by Gasteiger charge is -2.44. The molecule has 1 aromatic heterocycles. The van der Waals surface area contributed by atoms with Crippen LogP contribution in [0, 0.1) is 11.3 Å². The zero-order valence-electron chi connectivity index (χ0n) is 15.9. The summed E-state index contributed by atoms with van der Waals surface area (Å²) in [5, 5.41) is 21.1. The molecule has 3 atom stereocenters. The minimum atomic E-state index is -0.159. The van der Waals surface area contributed by atoms with Crippen molar-refractivity contribution in [1.82, 2.24) is 25.6 Å². The Kier molecular flexibility index (Phi) is 5.95. The van der Waals surface area contributed by atoms with Crippen LogP contribution in [0.25, 0.3) is 11.3 Å². The second-order valence-electron chi connectivity index (χ2n) is 7.33. The summed E-state index contributed by atoms with van der Waals surface area (Å²) in [6, 6.07) is 12.0. The van der Waals surface area contributed by atoms with Crippen molar-refractivity contribution in [2.75, 3.05) is 39.3 Å². The van der Waals surface area contributed by atoms with Crippen molar-refractivity contribution in [3.8, 4) is 17.4 Å². The average Bonchev–Trinajstić information content (AvgIpc) is 3.24. The molecule has 28 heavy (non-hydrogen) atoms. The van der Waals surface area contributed by atoms with Crippen molar-refractivity contribution in [2.45, 2.75) is 25.2 Å². The highest BCUT2D eigenvalue weighted by Gasteiger charge is 2.33. The number of nitrogens with zero attached hydrogens (tertiary/aromatic N) is 4. The normalized spacial score (nSPS) is 25.3. The summed E-state index contributed by atoms with van der Waals surface area (Å²) in [5.74, 6) is 0.734. The maximum atomic E-state index is 9.38. The van der Waals surface area contributed by atoms with Gasteiger partial charge in [0.2, 0.25) is 0 Å². The van der Waals surface area contributed by atoms with Crippen molar-refractivity contribution < 1.29 is 4.52 Å². The smallest absolute Gasteiger partial charge is 0.167 e. The van der Waals surface area contributed by atoms with Gasteiger partial charge in [0.25, 0.3) is 0 Å². The first-order chi connectivity index (χ1) is 13.7. The molecule has 7 nitrogen and oxygen atoms in total. The van der Waals surface area contributed by atoms with Crippen LogP contribution in [0.4, 0.5) is 0 Å². The Hall–Kier alpha value is -1.95. The van der Waals surface area contributed by atoms with Gasteiger partial charge in [-0.05, 0) is 19.1 Å². The molecular formula is C20H25ClN6O. The molecule has 2 N–H and O–H groups in total. The van der Waals surface area contributed by atoms with E-state index in [1.54, 1.807) is 0 Å². The quantitative estimate of drug-likeness (QED) is 0.813. The SMILES string of the molecule is CC(c1cc(-c2cccc(Cl)c2)on1)N1CCN(C2NCCNC2C#N)CC1. The van der Waals surface area contributed by atoms with Crippen LogP contribution in [-0.4, -0.2) is 66.4 Å². The molecule has 1 aromatic carbocycles. The summed E-state index contributed by atoms with van der Waals surface area (Å²) in [7, 11) is 0. The van der Waals surface area contributed by atoms with E-state index in [4.69, 9.17) is 16.1 Å². The van der Waals surface area contributed by atoms with Crippen molar-refractivity contribution in [3.05, 3.63) is 41.0 Å². The third kappa shape index (κ3) is 4.07. The fourth-order valence-corrected chi connectivity index (χ4v) is 4.18. The Bertz CT molecular complexity index is 841. The molecule has 0 amide bonds. The van der Waals surface area contributed by atoms with Crippen LogP contribution in [0.2, 0.25) is 5.02 Å². The lowest BCUT2D eigenvalue weighted by molar-refractivity contribution is 0.0457. The highest BCUT2D eigenvalue weighted by Crippen LogP contribution is 2.28. The van der Waals surface area contributed by atoms with Gasteiger partial charge in [0.1, 0.15) is 11.7 Å². The number of piperazine rings is 2. The van der Waals surface area contributed by atoms with E-state index < -0.39 is 0 Å². The number of nitriles is 1. The second-order valence-corrected chi connectivity index (χ2v) is 7.77. The van der Waals surface area contributed by atoms with Crippen LogP contribution in [-0.2, 0) is 0 Å². The van der Waals surface area contributed by atoms with E-state index in [-0.39, 0.29) is 18.2 Å². The largest absolute Gasteiger partial charge is 0.356 e. The van der Waals surface area contributed by atoms with Crippen LogP contribution >= 0.6 is 11.6 Å². The minimum absolute atomic E-state index is 0.0812. The molecule has 0 spiro atoms. The molecule has 4 rings (SSSR count). The Labute approximate surface area is 170 Å². The summed E-state index contributed by atoms with van der Waals surface area (Å²) in [6.07, 6.45) is 0.0812. The average molecular weight is 401 g/mol. The molecule has 0 aliphatic carbocycles. The fourth-order valence-electron chi connectivity index (χ4n) is 3.99. The van der Waals surface area contributed by atoms with Crippen LogP contribution in [0.15, 0.2) is 34.9 Å². The maximum Gasteiger partial charge on any atom is 0.167 e. The van der Waals surface area contributed by atoms with Gasteiger partial charge in [-0.3, -0.25) is 20.4 Å². The van der Waals surface area contributed by atoms with E-state index in [1.165, 1.54) is 0 Å². The Morgan fingerprint density at radius 3 is 2.75 bits per heavy atom. The molecule has 8 heteroatoms. The van der Waals surface area contributed by atoms with E-state index in [0.29, 0.717) is 5.02 Å². The summed E-state index contributed by atoms with van der Waals surface area (Å²) < 4.78 is 5.56. The summed E-state index contributed by atoms with van der Waals surface area (Å²) in [5.41, 5.74) is 1.86. The Morgan fingerprint density at radius 1 is 1.21 bits per heavy atom. The van der Waals surface area contributed by atoms with E-state index in [2.05, 4.69) is 38.6 Å². The van der Waals surface area contributed by atoms with Gasteiger partial charge in [-0.1, -0.05) is 28.9 Å². The monoisotopic (exact) mass is 400 g/mol. The van der Waals surface area contributed by atoms with Crippen molar-refractivity contribution in [2.24, 2.45) is 0 Å². The summed E-state index contributed by atoms with van der Waals surface area (Å²) in [4.78, 5) is 4.78. The molecule has 2 aliphatic rings. The molecule has 2 aliphatic heterocycles. The number of benzene rings is 1. The molecule has 148 valence electrons. The molecule has 3 heterocycles. The topological polar surface area (TPSA) is 80.4 Å². The number of hydrogen-bond acceptors (Lipinski definition) is 7. The van der Waals surface area contributed by atoms with Crippen LogP contribution in [0.1, 0.15) is 18.7 Å². The first-order valence-electron chi connectivity index (χ1n) is 9.73. The Balaban J connectivity index is 1.38. The van der Waals surface area contributed by atoms with Crippen molar-refractivity contribution in [3.63, 3.8) is 0 Å². The van der Waals surface area contributed by atoms with Crippen LogP contribution in [0.5, 0.6) is 0 Å². The standard InChI is InChI=1S/C20H25ClN6O/c1-14(17-12-19(28-25-17)15-3-2-4-16(21)11-15)26-7-9-27(10-8-26)20-18(13-22)23-5-6-24-20/h2-4,11-12,14,18,20,23-24H,5-10H2,1H3. The lowest BCUT2D eigenvalue weighted by atomic mass is 10.1.